The minimum absolute atomic E-state index is 0.198. The normalized spacial score (nSPS) is 23.6. The van der Waals surface area contributed by atoms with Gasteiger partial charge in [0.15, 0.2) is 0 Å². The van der Waals surface area contributed by atoms with Gasteiger partial charge < -0.3 is 15.1 Å². The molecule has 98 valence electrons. The summed E-state index contributed by atoms with van der Waals surface area (Å²) in [6.07, 6.45) is 2.67. The maximum absolute atomic E-state index is 12.2. The van der Waals surface area contributed by atoms with Crippen molar-refractivity contribution in [3.8, 4) is 0 Å². The van der Waals surface area contributed by atoms with Gasteiger partial charge in [0.25, 0.3) is 0 Å². The fourth-order valence-electron chi connectivity index (χ4n) is 2.77. The van der Waals surface area contributed by atoms with Crippen LogP contribution in [0.1, 0.15) is 5.69 Å². The van der Waals surface area contributed by atoms with Crippen molar-refractivity contribution in [2.45, 2.75) is 12.5 Å². The lowest BCUT2D eigenvalue weighted by molar-refractivity contribution is 0.179. The summed E-state index contributed by atoms with van der Waals surface area (Å²) in [5.74, 6) is 0. The van der Waals surface area contributed by atoms with Crippen LogP contribution in [0.4, 0.5) is 4.79 Å². The standard InChI is InChI=1S/C12H19N5O/c1-15-10(2-4-14-15)3-6-16-9-11-8-13-5-7-17(11)12(16)18/h2,4,11,13H,3,5-9H2,1H3. The number of carbonyl (C=O) groups excluding carboxylic acids is 1. The number of carbonyl (C=O) groups is 1. The van der Waals surface area contributed by atoms with Crippen LogP contribution in [-0.2, 0) is 13.5 Å². The molecular weight excluding hydrogens is 230 g/mol. The van der Waals surface area contributed by atoms with E-state index < -0.39 is 0 Å². The Labute approximate surface area is 107 Å². The number of fused-ring (bicyclic) bond motifs is 1. The number of hydrogen-bond acceptors (Lipinski definition) is 3. The molecule has 2 aliphatic heterocycles. The van der Waals surface area contributed by atoms with Crippen LogP contribution in [0.3, 0.4) is 0 Å². The zero-order valence-corrected chi connectivity index (χ0v) is 10.7. The number of urea groups is 1. The average molecular weight is 249 g/mol. The highest BCUT2D eigenvalue weighted by molar-refractivity contribution is 5.77. The maximum atomic E-state index is 12.2. The topological polar surface area (TPSA) is 53.4 Å². The summed E-state index contributed by atoms with van der Waals surface area (Å²) in [5.41, 5.74) is 1.17. The van der Waals surface area contributed by atoms with Gasteiger partial charge in [0.1, 0.15) is 0 Å². The summed E-state index contributed by atoms with van der Waals surface area (Å²) in [4.78, 5) is 16.1. The van der Waals surface area contributed by atoms with E-state index in [0.717, 1.165) is 39.1 Å². The number of piperazine rings is 1. The molecule has 1 aromatic heterocycles. The molecule has 1 N–H and O–H groups in total. The first-order valence-corrected chi connectivity index (χ1v) is 6.49. The Morgan fingerprint density at radius 2 is 2.44 bits per heavy atom. The van der Waals surface area contributed by atoms with Gasteiger partial charge in [-0.3, -0.25) is 4.68 Å². The van der Waals surface area contributed by atoms with Crippen molar-refractivity contribution < 1.29 is 4.79 Å². The largest absolute Gasteiger partial charge is 0.322 e. The molecule has 0 spiro atoms. The number of nitrogens with one attached hydrogen (secondary N) is 1. The van der Waals surface area contributed by atoms with Gasteiger partial charge in [-0.05, 0) is 6.07 Å². The van der Waals surface area contributed by atoms with E-state index in [1.165, 1.54) is 5.69 Å². The van der Waals surface area contributed by atoms with Crippen LogP contribution in [-0.4, -0.2) is 64.4 Å². The number of aryl methyl sites for hydroxylation is 1. The molecule has 0 aliphatic carbocycles. The molecule has 0 bridgehead atoms. The van der Waals surface area contributed by atoms with Gasteiger partial charge in [-0.1, -0.05) is 0 Å². The second kappa shape index (κ2) is 4.61. The SMILES string of the molecule is Cn1nccc1CCN1CC2CNCCN2C1=O. The van der Waals surface area contributed by atoms with Gasteiger partial charge in [-0.2, -0.15) is 5.10 Å². The Hall–Kier alpha value is -1.56. The highest BCUT2D eigenvalue weighted by Crippen LogP contribution is 2.17. The highest BCUT2D eigenvalue weighted by atomic mass is 16.2. The molecule has 3 rings (SSSR count). The maximum Gasteiger partial charge on any atom is 0.320 e. The Kier molecular flexibility index (Phi) is 2.95. The summed E-state index contributed by atoms with van der Waals surface area (Å²) in [6.45, 7) is 4.31. The van der Waals surface area contributed by atoms with Crippen LogP contribution < -0.4 is 5.32 Å². The fourth-order valence-corrected chi connectivity index (χ4v) is 2.77. The van der Waals surface area contributed by atoms with E-state index in [2.05, 4.69) is 10.4 Å². The van der Waals surface area contributed by atoms with Crippen LogP contribution in [0.5, 0.6) is 0 Å². The zero-order chi connectivity index (χ0) is 12.5. The quantitative estimate of drug-likeness (QED) is 0.798. The number of hydrogen-bond donors (Lipinski definition) is 1. The van der Waals surface area contributed by atoms with Crippen LogP contribution in [0.25, 0.3) is 0 Å². The van der Waals surface area contributed by atoms with Gasteiger partial charge in [0.05, 0.1) is 6.04 Å². The molecule has 3 heterocycles. The fraction of sp³-hybridized carbons (Fsp3) is 0.667. The summed E-state index contributed by atoms with van der Waals surface area (Å²) in [5, 5.41) is 7.49. The Balaban J connectivity index is 1.60. The van der Waals surface area contributed by atoms with Gasteiger partial charge in [0.2, 0.25) is 0 Å². The molecule has 6 nitrogen and oxygen atoms in total. The molecule has 2 saturated heterocycles. The lowest BCUT2D eigenvalue weighted by Crippen LogP contribution is -2.49. The third-order valence-electron chi connectivity index (χ3n) is 3.86. The first kappa shape index (κ1) is 11.5. The van der Waals surface area contributed by atoms with Crippen molar-refractivity contribution in [2.75, 3.05) is 32.7 Å². The summed E-state index contributed by atoms with van der Waals surface area (Å²) < 4.78 is 1.87. The smallest absolute Gasteiger partial charge is 0.320 e. The molecule has 1 aromatic rings. The van der Waals surface area contributed by atoms with E-state index >= 15 is 0 Å². The van der Waals surface area contributed by atoms with Crippen molar-refractivity contribution >= 4 is 6.03 Å². The molecule has 18 heavy (non-hydrogen) atoms. The Morgan fingerprint density at radius 3 is 3.17 bits per heavy atom. The molecule has 2 amide bonds. The number of amides is 2. The summed E-state index contributed by atoms with van der Waals surface area (Å²) >= 11 is 0. The third kappa shape index (κ3) is 1.96. The lowest BCUT2D eigenvalue weighted by Gasteiger charge is -2.28. The van der Waals surface area contributed by atoms with Crippen LogP contribution in [0.15, 0.2) is 12.3 Å². The van der Waals surface area contributed by atoms with Crippen molar-refractivity contribution in [1.82, 2.24) is 24.9 Å². The predicted molar refractivity (Wildman–Crippen MR) is 67.2 cm³/mol. The van der Waals surface area contributed by atoms with Crippen molar-refractivity contribution in [3.63, 3.8) is 0 Å². The van der Waals surface area contributed by atoms with Crippen molar-refractivity contribution in [2.24, 2.45) is 7.05 Å². The van der Waals surface area contributed by atoms with E-state index in [9.17, 15) is 4.79 Å². The van der Waals surface area contributed by atoms with Gasteiger partial charge in [-0.25, -0.2) is 4.79 Å². The molecule has 0 saturated carbocycles. The first-order chi connectivity index (χ1) is 8.75. The predicted octanol–water partition coefficient (Wildman–Crippen LogP) is -0.328. The average Bonchev–Trinajstić information content (AvgIpc) is 2.92. The monoisotopic (exact) mass is 249 g/mol. The van der Waals surface area contributed by atoms with Crippen molar-refractivity contribution in [3.05, 3.63) is 18.0 Å². The molecular formula is C12H19N5O. The number of nitrogens with zero attached hydrogens (tertiary/aromatic N) is 4. The highest BCUT2D eigenvalue weighted by Gasteiger charge is 2.37. The van der Waals surface area contributed by atoms with E-state index in [1.807, 2.05) is 27.6 Å². The second-order valence-corrected chi connectivity index (χ2v) is 4.98. The molecule has 6 heteroatoms. The second-order valence-electron chi connectivity index (χ2n) is 4.98. The number of aromatic nitrogens is 2. The third-order valence-corrected chi connectivity index (χ3v) is 3.86. The molecule has 2 aliphatic rings. The first-order valence-electron chi connectivity index (χ1n) is 6.49. The van der Waals surface area contributed by atoms with Crippen LogP contribution >= 0.6 is 0 Å². The molecule has 2 fully saturated rings. The molecule has 1 atom stereocenters. The molecule has 1 unspecified atom stereocenters. The summed E-state index contributed by atoms with van der Waals surface area (Å²) in [7, 11) is 1.94. The van der Waals surface area contributed by atoms with Gasteiger partial charge >= 0.3 is 6.03 Å². The van der Waals surface area contributed by atoms with Crippen LogP contribution in [0, 0.1) is 0 Å². The summed E-state index contributed by atoms with van der Waals surface area (Å²) in [6, 6.07) is 2.57. The molecule has 0 radical (unpaired) electrons. The van der Waals surface area contributed by atoms with Gasteiger partial charge in [-0.15, -0.1) is 0 Å². The Morgan fingerprint density at radius 1 is 1.56 bits per heavy atom. The van der Waals surface area contributed by atoms with Crippen molar-refractivity contribution in [1.29, 1.82) is 0 Å². The zero-order valence-electron chi connectivity index (χ0n) is 10.7. The number of rotatable bonds is 3. The minimum Gasteiger partial charge on any atom is -0.322 e. The van der Waals surface area contributed by atoms with Gasteiger partial charge in [0, 0.05) is 58.1 Å². The van der Waals surface area contributed by atoms with E-state index in [1.54, 1.807) is 6.20 Å². The van der Waals surface area contributed by atoms with Crippen LogP contribution in [0.2, 0.25) is 0 Å². The Bertz CT molecular complexity index is 443. The van der Waals surface area contributed by atoms with E-state index in [4.69, 9.17) is 0 Å². The minimum atomic E-state index is 0.198. The lowest BCUT2D eigenvalue weighted by atomic mass is 10.2. The van der Waals surface area contributed by atoms with E-state index in [-0.39, 0.29) is 6.03 Å². The molecule has 0 aromatic carbocycles. The van der Waals surface area contributed by atoms with E-state index in [0.29, 0.717) is 6.04 Å².